The molecule has 2 heterocycles. The minimum absolute atomic E-state index is 0.0977. The molecule has 0 bridgehead atoms. The first-order chi connectivity index (χ1) is 14.6. The minimum Gasteiger partial charge on any atom is -0.334 e. The number of H-pyrrole nitrogens is 1. The Hall–Kier alpha value is -3.80. The van der Waals surface area contributed by atoms with E-state index in [1.54, 1.807) is 17.0 Å². The zero-order valence-electron chi connectivity index (χ0n) is 16.1. The molecule has 1 aromatic heterocycles. The van der Waals surface area contributed by atoms with Gasteiger partial charge in [0.05, 0.1) is 17.8 Å². The maximum absolute atomic E-state index is 13.2. The Morgan fingerprint density at radius 1 is 1.00 bits per heavy atom. The van der Waals surface area contributed by atoms with E-state index in [1.807, 2.05) is 42.5 Å². The summed E-state index contributed by atoms with van der Waals surface area (Å²) in [5.74, 6) is -0.0336. The number of hydrogen-bond acceptors (Lipinski definition) is 3. The molecule has 3 aromatic carbocycles. The van der Waals surface area contributed by atoms with E-state index in [0.717, 1.165) is 10.8 Å². The van der Waals surface area contributed by atoms with Gasteiger partial charge in [0.2, 0.25) is 0 Å². The van der Waals surface area contributed by atoms with Gasteiger partial charge in [-0.15, -0.1) is 0 Å². The minimum atomic E-state index is -0.346. The number of fused-ring (bicyclic) bond motifs is 2. The highest BCUT2D eigenvalue weighted by atomic mass is 19.1. The topological polar surface area (TPSA) is 66.1 Å². The maximum Gasteiger partial charge on any atom is 0.256 e. The molecule has 0 fully saturated rings. The maximum atomic E-state index is 13.2. The average Bonchev–Trinajstić information content (AvgIpc) is 2.78. The van der Waals surface area contributed by atoms with Crippen molar-refractivity contribution in [3.05, 3.63) is 99.7 Å². The largest absolute Gasteiger partial charge is 0.334 e. The van der Waals surface area contributed by atoms with Crippen molar-refractivity contribution in [2.45, 2.75) is 13.0 Å². The Balaban J connectivity index is 1.47. The van der Waals surface area contributed by atoms with Gasteiger partial charge in [-0.25, -0.2) is 9.37 Å². The number of aromatic nitrogens is 2. The molecule has 5 rings (SSSR count). The fourth-order valence-corrected chi connectivity index (χ4v) is 3.93. The van der Waals surface area contributed by atoms with E-state index in [9.17, 15) is 14.0 Å². The van der Waals surface area contributed by atoms with Crippen LogP contribution in [0.15, 0.2) is 71.5 Å². The number of carbonyl (C=O) groups is 1. The van der Waals surface area contributed by atoms with Gasteiger partial charge >= 0.3 is 0 Å². The van der Waals surface area contributed by atoms with E-state index in [2.05, 4.69) is 9.97 Å². The molecular formula is C24H18FN3O2. The third kappa shape index (κ3) is 3.16. The molecule has 148 valence electrons. The smallest absolute Gasteiger partial charge is 0.256 e. The third-order valence-electron chi connectivity index (χ3n) is 5.49. The van der Waals surface area contributed by atoms with E-state index < -0.39 is 0 Å². The van der Waals surface area contributed by atoms with Crippen molar-refractivity contribution >= 4 is 16.7 Å². The summed E-state index contributed by atoms with van der Waals surface area (Å²) in [6.07, 6.45) is 0.490. The van der Waals surface area contributed by atoms with Crippen molar-refractivity contribution in [2.75, 3.05) is 6.54 Å². The van der Waals surface area contributed by atoms with Crippen LogP contribution in [-0.2, 0) is 13.0 Å². The molecular weight excluding hydrogens is 381 g/mol. The number of hydrogen-bond donors (Lipinski definition) is 1. The van der Waals surface area contributed by atoms with E-state index >= 15 is 0 Å². The lowest BCUT2D eigenvalue weighted by atomic mass is 10.0. The van der Waals surface area contributed by atoms with Crippen LogP contribution >= 0.6 is 0 Å². The van der Waals surface area contributed by atoms with Gasteiger partial charge in [0.1, 0.15) is 11.6 Å². The summed E-state index contributed by atoms with van der Waals surface area (Å²) in [5, 5.41) is 1.90. The van der Waals surface area contributed by atoms with Gasteiger partial charge in [-0.2, -0.15) is 0 Å². The Bertz CT molecular complexity index is 1320. The van der Waals surface area contributed by atoms with Crippen LogP contribution in [0.25, 0.3) is 22.2 Å². The van der Waals surface area contributed by atoms with E-state index in [1.165, 1.54) is 12.1 Å². The van der Waals surface area contributed by atoms with Crippen molar-refractivity contribution in [1.82, 2.24) is 14.9 Å². The normalized spacial score (nSPS) is 13.3. The van der Waals surface area contributed by atoms with Crippen LogP contribution in [0.5, 0.6) is 0 Å². The quantitative estimate of drug-likeness (QED) is 0.556. The summed E-state index contributed by atoms with van der Waals surface area (Å²) >= 11 is 0. The Kier molecular flexibility index (Phi) is 4.39. The molecule has 0 spiro atoms. The number of nitrogens with one attached hydrogen (secondary N) is 1. The molecule has 0 saturated heterocycles. The lowest BCUT2D eigenvalue weighted by Gasteiger charge is -2.28. The Morgan fingerprint density at radius 2 is 1.77 bits per heavy atom. The number of amides is 1. The zero-order chi connectivity index (χ0) is 20.7. The first-order valence-corrected chi connectivity index (χ1v) is 9.75. The Morgan fingerprint density at radius 3 is 2.60 bits per heavy atom. The van der Waals surface area contributed by atoms with Gasteiger partial charge in [-0.1, -0.05) is 36.4 Å². The molecule has 4 aromatic rings. The van der Waals surface area contributed by atoms with Gasteiger partial charge < -0.3 is 9.88 Å². The van der Waals surface area contributed by atoms with Crippen molar-refractivity contribution in [2.24, 2.45) is 0 Å². The van der Waals surface area contributed by atoms with Crippen LogP contribution in [0.1, 0.15) is 21.6 Å². The van der Waals surface area contributed by atoms with E-state index in [4.69, 9.17) is 0 Å². The van der Waals surface area contributed by atoms with Crippen molar-refractivity contribution < 1.29 is 9.18 Å². The summed E-state index contributed by atoms with van der Waals surface area (Å²) in [6, 6.07) is 19.3. The highest BCUT2D eigenvalue weighted by molar-refractivity contribution is 6.07. The van der Waals surface area contributed by atoms with Crippen LogP contribution in [0.2, 0.25) is 0 Å². The van der Waals surface area contributed by atoms with Gasteiger partial charge in [-0.05, 0) is 41.1 Å². The number of halogens is 1. The van der Waals surface area contributed by atoms with Crippen LogP contribution in [-0.4, -0.2) is 27.3 Å². The fraction of sp³-hybridized carbons (Fsp3) is 0.125. The molecule has 0 unspecified atom stereocenters. The predicted molar refractivity (Wildman–Crippen MR) is 113 cm³/mol. The first kappa shape index (κ1) is 18.2. The molecule has 0 atom stereocenters. The van der Waals surface area contributed by atoms with E-state index in [-0.39, 0.29) is 23.8 Å². The molecule has 1 aliphatic heterocycles. The summed E-state index contributed by atoms with van der Waals surface area (Å²) in [4.78, 5) is 35.0. The molecule has 1 aliphatic rings. The van der Waals surface area contributed by atoms with Gasteiger partial charge in [0.25, 0.3) is 11.5 Å². The second-order valence-electron chi connectivity index (χ2n) is 7.35. The van der Waals surface area contributed by atoms with Crippen LogP contribution in [0.4, 0.5) is 4.39 Å². The van der Waals surface area contributed by atoms with Crippen LogP contribution in [0.3, 0.4) is 0 Å². The van der Waals surface area contributed by atoms with Gasteiger partial charge in [0.15, 0.2) is 0 Å². The SMILES string of the molecule is O=C(c1cccc2ccccc12)N1CCc2nc(-c3ccc(F)cc3)[nH]c(=O)c2C1. The molecule has 5 nitrogen and oxygen atoms in total. The molecule has 1 N–H and O–H groups in total. The number of aromatic amines is 1. The monoisotopic (exact) mass is 399 g/mol. The molecule has 0 saturated carbocycles. The standard InChI is InChI=1S/C24H18FN3O2/c25-17-10-8-16(9-11-17)22-26-21-12-13-28(14-20(21)23(29)27-22)24(30)19-7-3-5-15-4-1-2-6-18(15)19/h1-11H,12-14H2,(H,26,27,29). The summed E-state index contributed by atoms with van der Waals surface area (Å²) in [7, 11) is 0. The van der Waals surface area contributed by atoms with Crippen molar-refractivity contribution in [3.8, 4) is 11.4 Å². The lowest BCUT2D eigenvalue weighted by Crippen LogP contribution is -2.39. The summed E-state index contributed by atoms with van der Waals surface area (Å²) in [6.45, 7) is 0.692. The van der Waals surface area contributed by atoms with E-state index in [0.29, 0.717) is 41.2 Å². The highest BCUT2D eigenvalue weighted by Gasteiger charge is 2.26. The summed E-state index contributed by atoms with van der Waals surface area (Å²) < 4.78 is 13.2. The third-order valence-corrected chi connectivity index (χ3v) is 5.49. The Labute approximate surface area is 171 Å². The molecule has 6 heteroatoms. The number of benzene rings is 3. The van der Waals surface area contributed by atoms with Crippen molar-refractivity contribution in [3.63, 3.8) is 0 Å². The molecule has 0 aliphatic carbocycles. The first-order valence-electron chi connectivity index (χ1n) is 9.75. The lowest BCUT2D eigenvalue weighted by molar-refractivity contribution is 0.0734. The number of carbonyl (C=O) groups excluding carboxylic acids is 1. The van der Waals surface area contributed by atoms with Gasteiger partial charge in [0, 0.05) is 24.1 Å². The van der Waals surface area contributed by atoms with Crippen LogP contribution in [0, 0.1) is 5.82 Å². The van der Waals surface area contributed by atoms with Crippen molar-refractivity contribution in [1.29, 1.82) is 0 Å². The molecule has 1 amide bonds. The van der Waals surface area contributed by atoms with Gasteiger partial charge in [-0.3, -0.25) is 9.59 Å². The second kappa shape index (κ2) is 7.22. The van der Waals surface area contributed by atoms with Crippen LogP contribution < -0.4 is 5.56 Å². The predicted octanol–water partition coefficient (Wildman–Crippen LogP) is 3.93. The second-order valence-corrected chi connectivity index (χ2v) is 7.35. The summed E-state index contributed by atoms with van der Waals surface area (Å²) in [5.41, 5.74) is 2.19. The molecule has 30 heavy (non-hydrogen) atoms. The average molecular weight is 399 g/mol. The molecule has 0 radical (unpaired) electrons. The number of nitrogens with zero attached hydrogens (tertiary/aromatic N) is 2. The fourth-order valence-electron chi connectivity index (χ4n) is 3.93. The highest BCUT2D eigenvalue weighted by Crippen LogP contribution is 2.24. The number of rotatable bonds is 2. The zero-order valence-corrected chi connectivity index (χ0v) is 16.1.